The standard InChI is InChI=1S/C12H14O5S2/c13-10-6-19(16,17)7-11(10)18-9-3-1-8(2-4-9)5-12(14)15/h1-4,10-11,13H,5-7H2,(H,14,15). The summed E-state index contributed by atoms with van der Waals surface area (Å²) in [7, 11) is -3.14. The lowest BCUT2D eigenvalue weighted by molar-refractivity contribution is -0.136. The molecule has 1 aromatic carbocycles. The first-order valence-corrected chi connectivity index (χ1v) is 8.42. The fraction of sp³-hybridized carbons (Fsp3) is 0.417. The maximum Gasteiger partial charge on any atom is 0.307 e. The Bertz CT molecular complexity index is 564. The van der Waals surface area contributed by atoms with Crippen LogP contribution in [0.25, 0.3) is 0 Å². The van der Waals surface area contributed by atoms with Crippen molar-refractivity contribution < 1.29 is 23.4 Å². The van der Waals surface area contributed by atoms with Gasteiger partial charge < -0.3 is 10.2 Å². The van der Waals surface area contributed by atoms with E-state index >= 15 is 0 Å². The highest BCUT2D eigenvalue weighted by molar-refractivity contribution is 8.02. The van der Waals surface area contributed by atoms with Gasteiger partial charge in [-0.05, 0) is 17.7 Å². The number of carboxylic acid groups (broad SMARTS) is 1. The maximum absolute atomic E-state index is 11.4. The van der Waals surface area contributed by atoms with Crippen LogP contribution in [0.2, 0.25) is 0 Å². The predicted octanol–water partition coefficient (Wildman–Crippen LogP) is 0.564. The van der Waals surface area contributed by atoms with Crippen LogP contribution in [-0.4, -0.2) is 47.5 Å². The van der Waals surface area contributed by atoms with E-state index in [0.717, 1.165) is 4.90 Å². The Labute approximate surface area is 115 Å². The summed E-state index contributed by atoms with van der Waals surface area (Å²) in [6, 6.07) is 6.90. The van der Waals surface area contributed by atoms with E-state index < -0.39 is 21.9 Å². The average Bonchev–Trinajstić information content (AvgIpc) is 2.54. The van der Waals surface area contributed by atoms with Crippen LogP contribution in [0.1, 0.15) is 5.56 Å². The number of hydrogen-bond donors (Lipinski definition) is 2. The summed E-state index contributed by atoms with van der Waals surface area (Å²) < 4.78 is 22.8. The van der Waals surface area contributed by atoms with Gasteiger partial charge in [-0.15, -0.1) is 11.8 Å². The topological polar surface area (TPSA) is 91.7 Å². The maximum atomic E-state index is 11.4. The molecule has 1 aliphatic heterocycles. The van der Waals surface area contributed by atoms with Crippen molar-refractivity contribution in [2.24, 2.45) is 0 Å². The van der Waals surface area contributed by atoms with Crippen LogP contribution in [0.5, 0.6) is 0 Å². The Kier molecular flexibility index (Phi) is 4.17. The average molecular weight is 302 g/mol. The van der Waals surface area contributed by atoms with Gasteiger partial charge in [-0.3, -0.25) is 4.79 Å². The predicted molar refractivity (Wildman–Crippen MR) is 72.1 cm³/mol. The normalized spacial score (nSPS) is 25.3. The Morgan fingerprint density at radius 3 is 2.37 bits per heavy atom. The molecule has 0 bridgehead atoms. The van der Waals surface area contributed by atoms with Gasteiger partial charge in [0.1, 0.15) is 0 Å². The van der Waals surface area contributed by atoms with Crippen LogP contribution in [0.3, 0.4) is 0 Å². The number of rotatable bonds is 4. The van der Waals surface area contributed by atoms with Crippen molar-refractivity contribution in [3.63, 3.8) is 0 Å². The molecule has 2 unspecified atom stereocenters. The van der Waals surface area contributed by atoms with Gasteiger partial charge in [0.05, 0.1) is 29.3 Å². The monoisotopic (exact) mass is 302 g/mol. The summed E-state index contributed by atoms with van der Waals surface area (Å²) in [5.41, 5.74) is 0.691. The van der Waals surface area contributed by atoms with Gasteiger partial charge in [-0.25, -0.2) is 8.42 Å². The summed E-state index contributed by atoms with van der Waals surface area (Å²) >= 11 is 1.31. The minimum Gasteiger partial charge on any atom is -0.481 e. The number of benzene rings is 1. The van der Waals surface area contributed by atoms with Gasteiger partial charge >= 0.3 is 5.97 Å². The Morgan fingerprint density at radius 2 is 1.89 bits per heavy atom. The Balaban J connectivity index is 2.02. The fourth-order valence-electron chi connectivity index (χ4n) is 1.94. The molecule has 104 valence electrons. The molecule has 1 aromatic rings. The van der Waals surface area contributed by atoms with Crippen molar-refractivity contribution in [1.29, 1.82) is 0 Å². The van der Waals surface area contributed by atoms with Crippen LogP contribution < -0.4 is 0 Å². The highest BCUT2D eigenvalue weighted by atomic mass is 32.2. The fourth-order valence-corrected chi connectivity index (χ4v) is 5.47. The summed E-state index contributed by atoms with van der Waals surface area (Å²) in [5.74, 6) is -1.09. The lowest BCUT2D eigenvalue weighted by Crippen LogP contribution is -2.19. The Morgan fingerprint density at radius 1 is 1.26 bits per heavy atom. The van der Waals surface area contributed by atoms with Crippen molar-refractivity contribution in [3.05, 3.63) is 29.8 Å². The van der Waals surface area contributed by atoms with Crippen molar-refractivity contribution in [2.45, 2.75) is 22.7 Å². The van der Waals surface area contributed by atoms with Gasteiger partial charge in [0, 0.05) is 4.90 Å². The van der Waals surface area contributed by atoms with E-state index in [-0.39, 0.29) is 23.2 Å². The molecule has 2 N–H and O–H groups in total. The summed E-state index contributed by atoms with van der Waals surface area (Å²) in [5, 5.41) is 18.0. The number of aliphatic carboxylic acids is 1. The molecule has 0 aliphatic carbocycles. The van der Waals surface area contributed by atoms with E-state index in [1.54, 1.807) is 24.3 Å². The number of hydrogen-bond acceptors (Lipinski definition) is 5. The number of aliphatic hydroxyl groups is 1. The second kappa shape index (κ2) is 5.52. The molecular formula is C12H14O5S2. The van der Waals surface area contributed by atoms with Crippen molar-refractivity contribution >= 4 is 27.6 Å². The van der Waals surface area contributed by atoms with Gasteiger partial charge in [-0.1, -0.05) is 12.1 Å². The Hall–Kier alpha value is -1.05. The van der Waals surface area contributed by atoms with E-state index in [1.807, 2.05) is 0 Å². The third kappa shape index (κ3) is 3.95. The first kappa shape index (κ1) is 14.4. The van der Waals surface area contributed by atoms with Crippen LogP contribution >= 0.6 is 11.8 Å². The molecule has 7 heteroatoms. The molecule has 0 aromatic heterocycles. The van der Waals surface area contributed by atoms with Gasteiger partial charge in [0.25, 0.3) is 0 Å². The molecular weight excluding hydrogens is 288 g/mol. The highest BCUT2D eigenvalue weighted by Gasteiger charge is 2.36. The number of thioether (sulfide) groups is 1. The zero-order valence-electron chi connectivity index (χ0n) is 10.0. The van der Waals surface area contributed by atoms with Gasteiger partial charge in [0.2, 0.25) is 0 Å². The molecule has 1 fully saturated rings. The van der Waals surface area contributed by atoms with Gasteiger partial charge in [-0.2, -0.15) is 0 Å². The molecule has 1 aliphatic rings. The summed E-state index contributed by atoms with van der Waals surface area (Å²) in [6.45, 7) is 0. The number of sulfone groups is 1. The van der Waals surface area contributed by atoms with Crippen LogP contribution in [0.15, 0.2) is 29.2 Å². The third-order valence-electron chi connectivity index (χ3n) is 2.84. The summed E-state index contributed by atoms with van der Waals surface area (Å²) in [6.07, 6.45) is -0.876. The molecule has 0 saturated carbocycles. The van der Waals surface area contributed by atoms with Crippen molar-refractivity contribution in [1.82, 2.24) is 0 Å². The molecule has 0 amide bonds. The second-order valence-electron chi connectivity index (χ2n) is 4.52. The van der Waals surface area contributed by atoms with E-state index in [9.17, 15) is 18.3 Å². The number of carbonyl (C=O) groups is 1. The zero-order valence-corrected chi connectivity index (χ0v) is 11.7. The lowest BCUT2D eigenvalue weighted by Gasteiger charge is -2.12. The molecule has 5 nitrogen and oxygen atoms in total. The largest absolute Gasteiger partial charge is 0.481 e. The first-order valence-electron chi connectivity index (χ1n) is 5.71. The highest BCUT2D eigenvalue weighted by Crippen LogP contribution is 2.31. The molecule has 1 saturated heterocycles. The lowest BCUT2D eigenvalue weighted by atomic mass is 10.2. The van der Waals surface area contributed by atoms with E-state index in [4.69, 9.17) is 5.11 Å². The quantitative estimate of drug-likeness (QED) is 0.844. The first-order chi connectivity index (χ1) is 8.85. The van der Waals surface area contributed by atoms with Crippen molar-refractivity contribution in [2.75, 3.05) is 11.5 Å². The third-order valence-corrected chi connectivity index (χ3v) is 6.09. The second-order valence-corrected chi connectivity index (χ2v) is 7.98. The van der Waals surface area contributed by atoms with Crippen LogP contribution in [0.4, 0.5) is 0 Å². The zero-order chi connectivity index (χ0) is 14.0. The minimum atomic E-state index is -3.14. The minimum absolute atomic E-state index is 0.0181. The molecule has 0 radical (unpaired) electrons. The van der Waals surface area contributed by atoms with Crippen molar-refractivity contribution in [3.8, 4) is 0 Å². The van der Waals surface area contributed by atoms with Crippen LogP contribution in [0, 0.1) is 0 Å². The van der Waals surface area contributed by atoms with Gasteiger partial charge in [0.15, 0.2) is 9.84 Å². The van der Waals surface area contributed by atoms with E-state index in [2.05, 4.69) is 0 Å². The number of carboxylic acids is 1. The molecule has 2 atom stereocenters. The van der Waals surface area contributed by atoms with E-state index in [0.29, 0.717) is 5.56 Å². The summed E-state index contributed by atoms with van der Waals surface area (Å²) in [4.78, 5) is 11.4. The SMILES string of the molecule is O=C(O)Cc1ccc(SC2CS(=O)(=O)CC2O)cc1. The molecule has 0 spiro atoms. The van der Waals surface area contributed by atoms with E-state index in [1.165, 1.54) is 11.8 Å². The molecule has 1 heterocycles. The molecule has 19 heavy (non-hydrogen) atoms. The molecule has 2 rings (SSSR count). The number of aliphatic hydroxyl groups excluding tert-OH is 1. The smallest absolute Gasteiger partial charge is 0.307 e. The van der Waals surface area contributed by atoms with Crippen LogP contribution in [-0.2, 0) is 21.1 Å².